The van der Waals surface area contributed by atoms with E-state index in [9.17, 15) is 23.5 Å². The molecule has 7 heteroatoms. The zero-order valence-corrected chi connectivity index (χ0v) is 14.1. The van der Waals surface area contributed by atoms with Crippen molar-refractivity contribution >= 4 is 28.9 Å². The number of halogens is 2. The van der Waals surface area contributed by atoms with E-state index in [1.165, 1.54) is 0 Å². The second kappa shape index (κ2) is 7.82. The fourth-order valence-corrected chi connectivity index (χ4v) is 2.75. The largest absolute Gasteiger partial charge is 0.480 e. The third kappa shape index (κ3) is 4.38. The van der Waals surface area contributed by atoms with Crippen molar-refractivity contribution in [3.8, 4) is 0 Å². The van der Waals surface area contributed by atoms with E-state index in [4.69, 9.17) is 0 Å². The molecular formula is C20H16F2N2O3. The predicted octanol–water partition coefficient (Wildman–Crippen LogP) is 3.27. The van der Waals surface area contributed by atoms with Gasteiger partial charge in [0.05, 0.1) is 0 Å². The summed E-state index contributed by atoms with van der Waals surface area (Å²) < 4.78 is 26.7. The molecule has 3 rings (SSSR count). The summed E-state index contributed by atoms with van der Waals surface area (Å²) >= 11 is 0. The Morgan fingerprint density at radius 3 is 2.74 bits per heavy atom. The third-order valence-corrected chi connectivity index (χ3v) is 4.09. The van der Waals surface area contributed by atoms with Crippen molar-refractivity contribution in [3.63, 3.8) is 0 Å². The number of carbonyl (C=O) groups excluding carboxylic acids is 1. The number of benzene rings is 2. The zero-order chi connectivity index (χ0) is 19.4. The van der Waals surface area contributed by atoms with Crippen molar-refractivity contribution < 1.29 is 23.5 Å². The summed E-state index contributed by atoms with van der Waals surface area (Å²) in [6.45, 7) is 0. The lowest BCUT2D eigenvalue weighted by Crippen LogP contribution is -2.41. The first-order valence-corrected chi connectivity index (χ1v) is 8.15. The number of aromatic amines is 1. The van der Waals surface area contributed by atoms with Gasteiger partial charge in [-0.15, -0.1) is 0 Å². The molecule has 27 heavy (non-hydrogen) atoms. The molecule has 0 bridgehead atoms. The van der Waals surface area contributed by atoms with Crippen LogP contribution >= 0.6 is 0 Å². The predicted molar refractivity (Wildman–Crippen MR) is 97.0 cm³/mol. The normalized spacial score (nSPS) is 12.4. The van der Waals surface area contributed by atoms with Crippen LogP contribution in [-0.2, 0) is 16.0 Å². The summed E-state index contributed by atoms with van der Waals surface area (Å²) in [7, 11) is 0. The Labute approximate surface area is 153 Å². The van der Waals surface area contributed by atoms with E-state index in [1.807, 2.05) is 24.3 Å². The average molecular weight is 370 g/mol. The van der Waals surface area contributed by atoms with Crippen LogP contribution in [0.1, 0.15) is 11.1 Å². The van der Waals surface area contributed by atoms with Gasteiger partial charge in [0.1, 0.15) is 17.7 Å². The van der Waals surface area contributed by atoms with Crippen LogP contribution in [0, 0.1) is 11.6 Å². The molecule has 0 aliphatic carbocycles. The molecule has 1 atom stereocenters. The number of nitrogens with one attached hydrogen (secondary N) is 2. The fraction of sp³-hybridized carbons (Fsp3) is 0.100. The molecule has 1 heterocycles. The van der Waals surface area contributed by atoms with E-state index < -0.39 is 29.6 Å². The minimum absolute atomic E-state index is 0.0766. The summed E-state index contributed by atoms with van der Waals surface area (Å²) in [6, 6.07) is 9.11. The maximum absolute atomic E-state index is 13.6. The lowest BCUT2D eigenvalue weighted by atomic mass is 10.0. The van der Waals surface area contributed by atoms with E-state index in [0.717, 1.165) is 46.8 Å². The molecule has 2 aromatic carbocycles. The van der Waals surface area contributed by atoms with Crippen LogP contribution in [-0.4, -0.2) is 28.0 Å². The number of rotatable bonds is 6. The van der Waals surface area contributed by atoms with Gasteiger partial charge in [0.2, 0.25) is 5.91 Å². The number of hydrogen-bond donors (Lipinski definition) is 3. The molecule has 0 aliphatic heterocycles. The van der Waals surface area contributed by atoms with Crippen LogP contribution in [0.15, 0.2) is 54.7 Å². The molecule has 0 aliphatic rings. The van der Waals surface area contributed by atoms with E-state index >= 15 is 0 Å². The second-order valence-corrected chi connectivity index (χ2v) is 5.96. The number of para-hydroxylation sites is 1. The topological polar surface area (TPSA) is 82.2 Å². The van der Waals surface area contributed by atoms with Crippen LogP contribution in [0.4, 0.5) is 8.78 Å². The monoisotopic (exact) mass is 370 g/mol. The van der Waals surface area contributed by atoms with Gasteiger partial charge in [-0.05, 0) is 35.9 Å². The third-order valence-electron chi connectivity index (χ3n) is 4.09. The standard InChI is InChI=1S/C20H16F2N2O3/c21-14-6-7-16(22)12(9-14)5-8-19(25)24-18(20(26)27)10-13-11-23-17-4-2-1-3-15(13)17/h1-9,11,18,23H,10H2,(H,24,25)(H,26,27)/t18-/m0/s1. The highest BCUT2D eigenvalue weighted by molar-refractivity contribution is 5.94. The fourth-order valence-electron chi connectivity index (χ4n) is 2.75. The first kappa shape index (κ1) is 18.3. The van der Waals surface area contributed by atoms with Gasteiger partial charge in [0.25, 0.3) is 0 Å². The van der Waals surface area contributed by atoms with Crippen molar-refractivity contribution in [2.45, 2.75) is 12.5 Å². The van der Waals surface area contributed by atoms with Gasteiger partial charge < -0.3 is 15.4 Å². The smallest absolute Gasteiger partial charge is 0.326 e. The Hall–Kier alpha value is -3.48. The van der Waals surface area contributed by atoms with Gasteiger partial charge in [-0.1, -0.05) is 18.2 Å². The first-order valence-electron chi connectivity index (χ1n) is 8.15. The highest BCUT2D eigenvalue weighted by Gasteiger charge is 2.21. The van der Waals surface area contributed by atoms with Crippen LogP contribution in [0.25, 0.3) is 17.0 Å². The SMILES string of the molecule is O=C(C=Cc1cc(F)ccc1F)N[C@@H](Cc1c[nH]c2ccccc12)C(=O)O. The van der Waals surface area contributed by atoms with E-state index in [0.29, 0.717) is 0 Å². The molecule has 5 nitrogen and oxygen atoms in total. The van der Waals surface area contributed by atoms with E-state index in [-0.39, 0.29) is 12.0 Å². The molecule has 0 radical (unpaired) electrons. The number of carboxylic acid groups (broad SMARTS) is 1. The quantitative estimate of drug-likeness (QED) is 0.583. The van der Waals surface area contributed by atoms with Crippen LogP contribution in [0.3, 0.4) is 0 Å². The van der Waals surface area contributed by atoms with Crippen LogP contribution in [0.2, 0.25) is 0 Å². The highest BCUT2D eigenvalue weighted by atomic mass is 19.1. The van der Waals surface area contributed by atoms with Gasteiger partial charge in [0, 0.05) is 35.2 Å². The highest BCUT2D eigenvalue weighted by Crippen LogP contribution is 2.19. The first-order chi connectivity index (χ1) is 12.9. The summed E-state index contributed by atoms with van der Waals surface area (Å²) in [5, 5.41) is 12.6. The summed E-state index contributed by atoms with van der Waals surface area (Å²) in [4.78, 5) is 26.6. The summed E-state index contributed by atoms with van der Waals surface area (Å²) in [6.07, 6.45) is 3.85. The molecule has 3 aromatic rings. The molecule has 3 N–H and O–H groups in total. The Morgan fingerprint density at radius 1 is 1.19 bits per heavy atom. The van der Waals surface area contributed by atoms with Gasteiger partial charge in [-0.3, -0.25) is 4.79 Å². The number of amides is 1. The lowest BCUT2D eigenvalue weighted by molar-refractivity contribution is -0.141. The van der Waals surface area contributed by atoms with Gasteiger partial charge in [-0.2, -0.15) is 0 Å². The Morgan fingerprint density at radius 2 is 1.96 bits per heavy atom. The van der Waals surface area contributed by atoms with Crippen LogP contribution < -0.4 is 5.32 Å². The molecule has 0 unspecified atom stereocenters. The Kier molecular flexibility index (Phi) is 5.30. The number of H-pyrrole nitrogens is 1. The number of aliphatic carboxylic acids is 1. The average Bonchev–Trinajstić information content (AvgIpc) is 3.05. The van der Waals surface area contributed by atoms with Crippen LogP contribution in [0.5, 0.6) is 0 Å². The van der Waals surface area contributed by atoms with Gasteiger partial charge in [0.15, 0.2) is 0 Å². The molecule has 0 spiro atoms. The molecule has 1 aromatic heterocycles. The number of carbonyl (C=O) groups is 2. The minimum atomic E-state index is -1.20. The van der Waals surface area contributed by atoms with Gasteiger partial charge >= 0.3 is 5.97 Å². The summed E-state index contributed by atoms with van der Waals surface area (Å²) in [5.41, 5.74) is 1.51. The maximum Gasteiger partial charge on any atom is 0.326 e. The summed E-state index contributed by atoms with van der Waals surface area (Å²) in [5.74, 6) is -3.24. The number of aromatic nitrogens is 1. The number of carboxylic acids is 1. The zero-order valence-electron chi connectivity index (χ0n) is 14.1. The van der Waals surface area contributed by atoms with Crippen molar-refractivity contribution in [1.82, 2.24) is 10.3 Å². The molecule has 0 fully saturated rings. The maximum atomic E-state index is 13.6. The van der Waals surface area contributed by atoms with Crippen molar-refractivity contribution in [3.05, 3.63) is 77.5 Å². The molecule has 0 saturated carbocycles. The van der Waals surface area contributed by atoms with Gasteiger partial charge in [-0.25, -0.2) is 13.6 Å². The molecular weight excluding hydrogens is 354 g/mol. The second-order valence-electron chi connectivity index (χ2n) is 5.96. The minimum Gasteiger partial charge on any atom is -0.480 e. The molecule has 138 valence electrons. The van der Waals surface area contributed by atoms with E-state index in [2.05, 4.69) is 10.3 Å². The number of fused-ring (bicyclic) bond motifs is 1. The van der Waals surface area contributed by atoms with Crippen molar-refractivity contribution in [2.75, 3.05) is 0 Å². The van der Waals surface area contributed by atoms with Crippen molar-refractivity contribution in [1.29, 1.82) is 0 Å². The lowest BCUT2D eigenvalue weighted by Gasteiger charge is -2.13. The van der Waals surface area contributed by atoms with E-state index in [1.54, 1.807) is 6.20 Å². The van der Waals surface area contributed by atoms with Crippen molar-refractivity contribution in [2.24, 2.45) is 0 Å². The Bertz CT molecular complexity index is 1030. The molecule has 1 amide bonds. The molecule has 0 saturated heterocycles. The number of hydrogen-bond acceptors (Lipinski definition) is 2. The Balaban J connectivity index is 1.72.